The minimum atomic E-state index is 0.838. The second-order valence-corrected chi connectivity index (χ2v) is 2.81. The first-order valence-corrected chi connectivity index (χ1v) is 2.92. The standard InChI is InChI=1S/C7H15/c1-6(2)5-7(3)4/h6H,5H2,1-4H3/q+1. The van der Waals surface area contributed by atoms with Crippen molar-refractivity contribution in [3.8, 4) is 0 Å². The lowest BCUT2D eigenvalue weighted by Crippen LogP contribution is -1.91. The van der Waals surface area contributed by atoms with Crippen molar-refractivity contribution in [2.45, 2.75) is 34.1 Å². The minimum Gasteiger partial charge on any atom is -0.0587 e. The zero-order valence-electron chi connectivity index (χ0n) is 5.78. The van der Waals surface area contributed by atoms with E-state index in [-0.39, 0.29) is 0 Å². The molecule has 0 N–H and O–H groups in total. The third-order valence-electron chi connectivity index (χ3n) is 0.816. The molecule has 0 aromatic carbocycles. The molecule has 0 heterocycles. The van der Waals surface area contributed by atoms with Crippen molar-refractivity contribution in [2.75, 3.05) is 0 Å². The maximum Gasteiger partial charge on any atom is 0.0916 e. The Balaban J connectivity index is 2.95. The molecule has 0 atom stereocenters. The van der Waals surface area contributed by atoms with Crippen LogP contribution in [0.15, 0.2) is 0 Å². The molecular formula is C7H15+. The summed E-state index contributed by atoms with van der Waals surface area (Å²) in [6.45, 7) is 8.85. The van der Waals surface area contributed by atoms with Crippen molar-refractivity contribution in [1.29, 1.82) is 0 Å². The molecular weight excluding hydrogens is 84.1 g/mol. The summed E-state index contributed by atoms with van der Waals surface area (Å²) in [6, 6.07) is 0. The van der Waals surface area contributed by atoms with Gasteiger partial charge in [0.05, 0.1) is 26.2 Å². The quantitative estimate of drug-likeness (QED) is 0.467. The van der Waals surface area contributed by atoms with E-state index in [0.29, 0.717) is 0 Å². The van der Waals surface area contributed by atoms with Gasteiger partial charge in [-0.05, 0) is 5.92 Å². The van der Waals surface area contributed by atoms with Crippen LogP contribution in [0.2, 0.25) is 0 Å². The van der Waals surface area contributed by atoms with Crippen LogP contribution < -0.4 is 0 Å². The Kier molecular flexibility index (Phi) is 2.89. The molecule has 0 rings (SSSR count). The summed E-state index contributed by atoms with van der Waals surface area (Å²) in [6.07, 6.45) is 1.28. The van der Waals surface area contributed by atoms with Gasteiger partial charge in [0.1, 0.15) is 0 Å². The number of hydrogen-bond donors (Lipinski definition) is 0. The van der Waals surface area contributed by atoms with Crippen LogP contribution in [0.5, 0.6) is 0 Å². The van der Waals surface area contributed by atoms with Crippen molar-refractivity contribution in [2.24, 2.45) is 5.92 Å². The van der Waals surface area contributed by atoms with E-state index in [4.69, 9.17) is 0 Å². The molecule has 0 aliphatic carbocycles. The van der Waals surface area contributed by atoms with Crippen LogP contribution in [0.4, 0.5) is 0 Å². The van der Waals surface area contributed by atoms with Crippen LogP contribution in [0.1, 0.15) is 34.1 Å². The third-order valence-corrected chi connectivity index (χ3v) is 0.816. The van der Waals surface area contributed by atoms with Crippen molar-refractivity contribution in [3.63, 3.8) is 0 Å². The highest BCUT2D eigenvalue weighted by atomic mass is 14.0. The van der Waals surface area contributed by atoms with E-state index in [2.05, 4.69) is 27.7 Å². The molecule has 0 saturated carbocycles. The second kappa shape index (κ2) is 2.95. The van der Waals surface area contributed by atoms with Gasteiger partial charge in [0.15, 0.2) is 0 Å². The zero-order chi connectivity index (χ0) is 5.86. The molecule has 0 bridgehead atoms. The first kappa shape index (κ1) is 6.87. The Bertz CT molecular complexity index is 29.3. The highest BCUT2D eigenvalue weighted by Gasteiger charge is 2.05. The molecule has 0 aromatic rings. The Morgan fingerprint density at radius 3 is 1.71 bits per heavy atom. The fraction of sp³-hybridized carbons (Fsp3) is 0.857. The topological polar surface area (TPSA) is 0 Å². The molecule has 0 spiro atoms. The molecule has 0 fully saturated rings. The van der Waals surface area contributed by atoms with Gasteiger partial charge in [0.2, 0.25) is 0 Å². The molecule has 0 aliphatic rings. The summed E-state index contributed by atoms with van der Waals surface area (Å²) in [5.41, 5.74) is 0. The van der Waals surface area contributed by atoms with E-state index in [0.717, 1.165) is 5.92 Å². The first-order valence-electron chi connectivity index (χ1n) is 2.92. The Hall–Kier alpha value is -0.130. The lowest BCUT2D eigenvalue weighted by Gasteiger charge is -1.96. The molecule has 0 aliphatic heterocycles. The van der Waals surface area contributed by atoms with Gasteiger partial charge in [-0.15, -0.1) is 0 Å². The van der Waals surface area contributed by atoms with Crippen LogP contribution in [-0.4, -0.2) is 0 Å². The van der Waals surface area contributed by atoms with E-state index >= 15 is 0 Å². The third kappa shape index (κ3) is 5.87. The van der Waals surface area contributed by atoms with Crippen LogP contribution in [0.3, 0.4) is 0 Å². The lowest BCUT2D eigenvalue weighted by molar-refractivity contribution is 0.600. The summed E-state index contributed by atoms with van der Waals surface area (Å²) in [4.78, 5) is 0. The highest BCUT2D eigenvalue weighted by molar-refractivity contribution is 4.77. The van der Waals surface area contributed by atoms with Gasteiger partial charge in [-0.25, -0.2) is 0 Å². The van der Waals surface area contributed by atoms with Crippen LogP contribution in [0.25, 0.3) is 0 Å². The van der Waals surface area contributed by atoms with E-state index in [9.17, 15) is 0 Å². The summed E-state index contributed by atoms with van der Waals surface area (Å²) in [7, 11) is 0. The van der Waals surface area contributed by atoms with Crippen LogP contribution >= 0.6 is 0 Å². The average molecular weight is 99.2 g/mol. The average Bonchev–Trinajstić information content (AvgIpc) is 1.27. The van der Waals surface area contributed by atoms with Crippen molar-refractivity contribution in [3.05, 3.63) is 5.92 Å². The Morgan fingerprint density at radius 1 is 1.29 bits per heavy atom. The van der Waals surface area contributed by atoms with E-state index in [1.54, 1.807) is 0 Å². The minimum absolute atomic E-state index is 0.838. The summed E-state index contributed by atoms with van der Waals surface area (Å²) >= 11 is 0. The van der Waals surface area contributed by atoms with E-state index in [1.165, 1.54) is 12.3 Å². The van der Waals surface area contributed by atoms with Gasteiger partial charge in [-0.2, -0.15) is 0 Å². The molecule has 7 heavy (non-hydrogen) atoms. The summed E-state index contributed by atoms with van der Waals surface area (Å²) < 4.78 is 0. The number of hydrogen-bond acceptors (Lipinski definition) is 0. The lowest BCUT2D eigenvalue weighted by atomic mass is 10.0. The van der Waals surface area contributed by atoms with Gasteiger partial charge in [0.25, 0.3) is 0 Å². The van der Waals surface area contributed by atoms with Gasteiger partial charge in [0, 0.05) is 0 Å². The molecule has 42 valence electrons. The normalized spacial score (nSPS) is 9.86. The molecule has 0 aromatic heterocycles. The fourth-order valence-corrected chi connectivity index (χ4v) is 0.816. The SMILES string of the molecule is C[C+](C)CC(C)C. The Morgan fingerprint density at radius 2 is 1.71 bits per heavy atom. The molecule has 0 radical (unpaired) electrons. The Labute approximate surface area is 46.9 Å². The van der Waals surface area contributed by atoms with Gasteiger partial charge in [-0.3, -0.25) is 0 Å². The van der Waals surface area contributed by atoms with Crippen LogP contribution in [0, 0.1) is 11.8 Å². The van der Waals surface area contributed by atoms with Crippen LogP contribution in [-0.2, 0) is 0 Å². The molecule has 0 unspecified atom stereocenters. The van der Waals surface area contributed by atoms with Crippen molar-refractivity contribution >= 4 is 0 Å². The smallest absolute Gasteiger partial charge is 0.0587 e. The first-order chi connectivity index (χ1) is 3.13. The number of rotatable bonds is 2. The molecule has 0 amide bonds. The summed E-state index contributed by atoms with van der Waals surface area (Å²) in [5, 5.41) is 0. The van der Waals surface area contributed by atoms with Gasteiger partial charge >= 0.3 is 0 Å². The summed E-state index contributed by atoms with van der Waals surface area (Å²) in [5.74, 6) is 2.38. The largest absolute Gasteiger partial charge is 0.0916 e. The van der Waals surface area contributed by atoms with Crippen molar-refractivity contribution in [1.82, 2.24) is 0 Å². The van der Waals surface area contributed by atoms with Gasteiger partial charge < -0.3 is 0 Å². The highest BCUT2D eigenvalue weighted by Crippen LogP contribution is 2.10. The van der Waals surface area contributed by atoms with E-state index in [1.807, 2.05) is 0 Å². The molecule has 0 saturated heterocycles. The maximum atomic E-state index is 2.24. The fourth-order valence-electron chi connectivity index (χ4n) is 0.816. The molecule has 0 heteroatoms. The van der Waals surface area contributed by atoms with E-state index < -0.39 is 0 Å². The zero-order valence-corrected chi connectivity index (χ0v) is 5.78. The molecule has 0 nitrogen and oxygen atoms in total. The second-order valence-electron chi connectivity index (χ2n) is 2.81. The maximum absolute atomic E-state index is 2.24. The monoisotopic (exact) mass is 99.1 g/mol. The predicted octanol–water partition coefficient (Wildman–Crippen LogP) is 2.65. The predicted molar refractivity (Wildman–Crippen MR) is 34.0 cm³/mol. The van der Waals surface area contributed by atoms with Gasteiger partial charge in [-0.1, -0.05) is 13.8 Å². The van der Waals surface area contributed by atoms with Crippen molar-refractivity contribution < 1.29 is 0 Å².